The van der Waals surface area contributed by atoms with Crippen LogP contribution in [0.1, 0.15) is 25.5 Å². The lowest BCUT2D eigenvalue weighted by molar-refractivity contribution is 0.123. The molecule has 2 aromatic rings. The molecule has 0 bridgehead atoms. The molecule has 4 rings (SSSR count). The molecule has 4 nitrogen and oxygen atoms in total. The predicted octanol–water partition coefficient (Wildman–Crippen LogP) is 2.26. The zero-order chi connectivity index (χ0) is 14.4. The molecule has 0 spiro atoms. The summed E-state index contributed by atoms with van der Waals surface area (Å²) in [5, 5.41) is 16.1. The van der Waals surface area contributed by atoms with Crippen LogP contribution < -0.4 is 0 Å². The lowest BCUT2D eigenvalue weighted by Gasteiger charge is -2.16. The van der Waals surface area contributed by atoms with Gasteiger partial charge in [0.2, 0.25) is 0 Å². The first-order valence-corrected chi connectivity index (χ1v) is 8.11. The summed E-state index contributed by atoms with van der Waals surface area (Å²) in [6, 6.07) is 8.50. The minimum atomic E-state index is -0.0788. The average molecular weight is 285 g/mol. The fourth-order valence-corrected chi connectivity index (χ4v) is 4.22. The van der Waals surface area contributed by atoms with Crippen LogP contribution in [0.25, 0.3) is 10.9 Å². The molecule has 1 saturated heterocycles. The van der Waals surface area contributed by atoms with Crippen LogP contribution in [0.15, 0.2) is 24.3 Å². The molecule has 2 heterocycles. The van der Waals surface area contributed by atoms with Crippen molar-refractivity contribution in [3.8, 4) is 0 Å². The topological polar surface area (TPSA) is 41.3 Å². The molecule has 1 aliphatic heterocycles. The van der Waals surface area contributed by atoms with Crippen molar-refractivity contribution in [3.63, 3.8) is 0 Å². The maximum Gasteiger partial charge on any atom is 0.0843 e. The van der Waals surface area contributed by atoms with Crippen molar-refractivity contribution >= 4 is 10.9 Å². The fraction of sp³-hybridized carbons (Fsp3) is 0.588. The van der Waals surface area contributed by atoms with Gasteiger partial charge in [-0.1, -0.05) is 18.2 Å². The Morgan fingerprint density at radius 2 is 2.10 bits per heavy atom. The monoisotopic (exact) mass is 285 g/mol. The molecular formula is C17H23N3O. The summed E-state index contributed by atoms with van der Waals surface area (Å²) in [6.07, 6.45) is 2.10. The van der Waals surface area contributed by atoms with E-state index in [1.165, 1.54) is 23.0 Å². The van der Waals surface area contributed by atoms with Gasteiger partial charge in [-0.3, -0.25) is 9.58 Å². The summed E-state index contributed by atoms with van der Waals surface area (Å²) in [6.45, 7) is 6.10. The van der Waals surface area contributed by atoms with Crippen LogP contribution in [0.3, 0.4) is 0 Å². The molecule has 21 heavy (non-hydrogen) atoms. The van der Waals surface area contributed by atoms with Crippen molar-refractivity contribution in [1.29, 1.82) is 0 Å². The van der Waals surface area contributed by atoms with E-state index in [9.17, 15) is 5.11 Å². The highest BCUT2D eigenvalue weighted by Crippen LogP contribution is 2.38. The summed E-state index contributed by atoms with van der Waals surface area (Å²) in [5.41, 5.74) is 2.41. The Morgan fingerprint density at radius 3 is 2.90 bits per heavy atom. The van der Waals surface area contributed by atoms with Gasteiger partial charge in [0.05, 0.1) is 17.3 Å². The number of rotatable bonds is 3. The van der Waals surface area contributed by atoms with Gasteiger partial charge in [-0.05, 0) is 31.7 Å². The largest absolute Gasteiger partial charge is 0.393 e. The van der Waals surface area contributed by atoms with Crippen molar-refractivity contribution in [3.05, 3.63) is 30.0 Å². The number of aliphatic hydroxyl groups excluding tert-OH is 1. The summed E-state index contributed by atoms with van der Waals surface area (Å²) in [7, 11) is 0. The maximum atomic E-state index is 10.1. The quantitative estimate of drug-likeness (QED) is 0.940. The summed E-state index contributed by atoms with van der Waals surface area (Å²) < 4.78 is 2.09. The van der Waals surface area contributed by atoms with Crippen LogP contribution in [0, 0.1) is 11.8 Å². The van der Waals surface area contributed by atoms with E-state index in [2.05, 4.69) is 40.8 Å². The minimum Gasteiger partial charge on any atom is -0.393 e. The van der Waals surface area contributed by atoms with Crippen LogP contribution >= 0.6 is 0 Å². The Bertz CT molecular complexity index is 651. The van der Waals surface area contributed by atoms with E-state index < -0.39 is 0 Å². The molecule has 3 atom stereocenters. The van der Waals surface area contributed by atoms with Crippen molar-refractivity contribution in [1.82, 2.24) is 14.7 Å². The number of hydrogen-bond donors (Lipinski definition) is 1. The molecule has 2 aliphatic rings. The van der Waals surface area contributed by atoms with Crippen molar-refractivity contribution in [2.24, 2.45) is 11.8 Å². The third-order valence-electron chi connectivity index (χ3n) is 5.30. The number of fused-ring (bicyclic) bond motifs is 2. The van der Waals surface area contributed by atoms with Crippen LogP contribution in [0.2, 0.25) is 0 Å². The van der Waals surface area contributed by atoms with Gasteiger partial charge in [0.25, 0.3) is 0 Å². The molecule has 1 aromatic carbocycles. The van der Waals surface area contributed by atoms with Crippen LogP contribution in [0.5, 0.6) is 0 Å². The number of aromatic nitrogens is 2. The molecule has 3 unspecified atom stereocenters. The van der Waals surface area contributed by atoms with E-state index in [4.69, 9.17) is 5.10 Å². The Morgan fingerprint density at radius 1 is 1.24 bits per heavy atom. The van der Waals surface area contributed by atoms with Crippen molar-refractivity contribution in [2.45, 2.75) is 39.0 Å². The van der Waals surface area contributed by atoms with Gasteiger partial charge in [0, 0.05) is 37.5 Å². The number of para-hydroxylation sites is 1. The van der Waals surface area contributed by atoms with Gasteiger partial charge < -0.3 is 5.11 Å². The zero-order valence-corrected chi connectivity index (χ0v) is 12.6. The standard InChI is InChI=1S/C17H23N3O/c1-2-20-16-6-4-3-5-13(16)15(18-20)11-19-9-12-7-8-17(21)14(12)10-19/h3-6,12,14,17,21H,2,7-11H2,1H3. The van der Waals surface area contributed by atoms with Gasteiger partial charge >= 0.3 is 0 Å². The molecule has 2 fully saturated rings. The number of nitrogens with zero attached hydrogens (tertiary/aromatic N) is 3. The number of benzene rings is 1. The number of hydrogen-bond acceptors (Lipinski definition) is 3. The molecule has 4 heteroatoms. The van der Waals surface area contributed by atoms with Crippen LogP contribution in [0.4, 0.5) is 0 Å². The Labute approximate surface area is 125 Å². The Hall–Kier alpha value is -1.39. The van der Waals surface area contributed by atoms with Gasteiger partial charge in [0.15, 0.2) is 0 Å². The molecule has 0 radical (unpaired) electrons. The second-order valence-corrected chi connectivity index (χ2v) is 6.54. The first-order valence-electron chi connectivity index (χ1n) is 8.11. The summed E-state index contributed by atoms with van der Waals surface area (Å²) in [4.78, 5) is 2.48. The van der Waals surface area contributed by atoms with Crippen LogP contribution in [-0.2, 0) is 13.1 Å². The predicted molar refractivity (Wildman–Crippen MR) is 82.9 cm³/mol. The Balaban J connectivity index is 1.58. The molecule has 1 aliphatic carbocycles. The van der Waals surface area contributed by atoms with Crippen LogP contribution in [-0.4, -0.2) is 39.0 Å². The summed E-state index contributed by atoms with van der Waals surface area (Å²) >= 11 is 0. The fourth-order valence-electron chi connectivity index (χ4n) is 4.22. The highest BCUT2D eigenvalue weighted by molar-refractivity contribution is 5.81. The van der Waals surface area contributed by atoms with E-state index >= 15 is 0 Å². The number of aryl methyl sites for hydroxylation is 1. The summed E-state index contributed by atoms with van der Waals surface area (Å²) in [5.74, 6) is 1.18. The van der Waals surface area contributed by atoms with Gasteiger partial charge in [-0.15, -0.1) is 0 Å². The molecule has 1 saturated carbocycles. The third-order valence-corrected chi connectivity index (χ3v) is 5.30. The molecule has 112 valence electrons. The number of aliphatic hydroxyl groups is 1. The number of likely N-dealkylation sites (tertiary alicyclic amines) is 1. The van der Waals surface area contributed by atoms with Gasteiger partial charge in [-0.25, -0.2) is 0 Å². The van der Waals surface area contributed by atoms with E-state index in [0.29, 0.717) is 11.8 Å². The maximum absolute atomic E-state index is 10.1. The smallest absolute Gasteiger partial charge is 0.0843 e. The molecule has 1 aromatic heterocycles. The van der Waals surface area contributed by atoms with Gasteiger partial charge in [0.1, 0.15) is 0 Å². The first kappa shape index (κ1) is 13.3. The minimum absolute atomic E-state index is 0.0788. The van der Waals surface area contributed by atoms with Crippen molar-refractivity contribution < 1.29 is 5.11 Å². The normalized spacial score (nSPS) is 29.3. The molecule has 0 amide bonds. The third kappa shape index (κ3) is 2.17. The van der Waals surface area contributed by atoms with Crippen molar-refractivity contribution in [2.75, 3.05) is 13.1 Å². The van der Waals surface area contributed by atoms with E-state index in [-0.39, 0.29) is 6.10 Å². The highest BCUT2D eigenvalue weighted by atomic mass is 16.3. The molecular weight excluding hydrogens is 262 g/mol. The van der Waals surface area contributed by atoms with E-state index in [1.807, 2.05) is 0 Å². The lowest BCUT2D eigenvalue weighted by Crippen LogP contribution is -2.24. The second-order valence-electron chi connectivity index (χ2n) is 6.54. The second kappa shape index (κ2) is 5.11. The average Bonchev–Trinajstić information content (AvgIpc) is 3.15. The van der Waals surface area contributed by atoms with E-state index in [0.717, 1.165) is 32.6 Å². The first-order chi connectivity index (χ1) is 10.3. The highest BCUT2D eigenvalue weighted by Gasteiger charge is 2.41. The van der Waals surface area contributed by atoms with Gasteiger partial charge in [-0.2, -0.15) is 5.10 Å². The van der Waals surface area contributed by atoms with E-state index in [1.54, 1.807) is 0 Å². The lowest BCUT2D eigenvalue weighted by atomic mass is 10.00. The SMILES string of the molecule is CCn1nc(CN2CC3CCC(O)C3C2)c2ccccc21. The molecule has 1 N–H and O–H groups in total. The Kier molecular flexibility index (Phi) is 3.23. The zero-order valence-electron chi connectivity index (χ0n) is 12.6.